The fraction of sp³-hybridized carbons (Fsp3) is 0.167. The molecule has 130 valence electrons. The Kier molecular flexibility index (Phi) is 6.53. The number of aliphatic carboxylic acids is 1. The van der Waals surface area contributed by atoms with Crippen LogP contribution in [-0.4, -0.2) is 36.4 Å². The smallest absolute Gasteiger partial charge is 0.341 e. The van der Waals surface area contributed by atoms with Crippen LogP contribution < -0.4 is 14.9 Å². The van der Waals surface area contributed by atoms with E-state index in [-0.39, 0.29) is 12.5 Å². The predicted molar refractivity (Wildman–Crippen MR) is 92.0 cm³/mol. The van der Waals surface area contributed by atoms with Crippen LogP contribution in [0.2, 0.25) is 0 Å². The molecule has 0 aliphatic rings. The average molecular weight is 342 g/mol. The molecule has 0 unspecified atom stereocenters. The molecule has 7 heteroatoms. The lowest BCUT2D eigenvalue weighted by molar-refractivity contribution is -0.139. The highest BCUT2D eigenvalue weighted by Gasteiger charge is 2.03. The molecule has 0 radical (unpaired) electrons. The highest BCUT2D eigenvalue weighted by Crippen LogP contribution is 2.15. The van der Waals surface area contributed by atoms with Crippen molar-refractivity contribution in [3.05, 3.63) is 59.7 Å². The maximum Gasteiger partial charge on any atom is 0.341 e. The Morgan fingerprint density at radius 3 is 2.48 bits per heavy atom. The van der Waals surface area contributed by atoms with Gasteiger partial charge >= 0.3 is 5.97 Å². The van der Waals surface area contributed by atoms with Crippen molar-refractivity contribution in [1.29, 1.82) is 0 Å². The number of nitrogens with one attached hydrogen (secondary N) is 1. The summed E-state index contributed by atoms with van der Waals surface area (Å²) in [7, 11) is 0. The second kappa shape index (κ2) is 9.07. The molecular weight excluding hydrogens is 324 g/mol. The number of amides is 1. The number of carbonyl (C=O) groups excluding carboxylic acids is 1. The summed E-state index contributed by atoms with van der Waals surface area (Å²) in [6.45, 7) is 1.36. The molecule has 0 aromatic heterocycles. The van der Waals surface area contributed by atoms with Gasteiger partial charge in [0.2, 0.25) is 0 Å². The summed E-state index contributed by atoms with van der Waals surface area (Å²) in [5, 5.41) is 12.4. The fourth-order valence-electron chi connectivity index (χ4n) is 1.87. The van der Waals surface area contributed by atoms with Gasteiger partial charge in [0, 0.05) is 0 Å². The van der Waals surface area contributed by atoms with Gasteiger partial charge in [-0.25, -0.2) is 10.2 Å². The minimum Gasteiger partial charge on any atom is -0.483 e. The largest absolute Gasteiger partial charge is 0.483 e. The van der Waals surface area contributed by atoms with Crippen LogP contribution in [0.3, 0.4) is 0 Å². The summed E-state index contributed by atoms with van der Waals surface area (Å²) in [6, 6.07) is 14.0. The van der Waals surface area contributed by atoms with Crippen LogP contribution in [0.1, 0.15) is 11.1 Å². The monoisotopic (exact) mass is 342 g/mol. The van der Waals surface area contributed by atoms with Crippen LogP contribution in [-0.2, 0) is 9.59 Å². The first-order chi connectivity index (χ1) is 12.0. The minimum absolute atomic E-state index is 0.135. The third kappa shape index (κ3) is 6.34. The van der Waals surface area contributed by atoms with Crippen molar-refractivity contribution in [2.45, 2.75) is 6.92 Å². The van der Waals surface area contributed by atoms with Crippen molar-refractivity contribution in [3.63, 3.8) is 0 Å². The van der Waals surface area contributed by atoms with Gasteiger partial charge in [-0.05, 0) is 48.4 Å². The number of benzene rings is 2. The molecule has 2 aromatic carbocycles. The maximum absolute atomic E-state index is 11.7. The van der Waals surface area contributed by atoms with Crippen LogP contribution in [0.4, 0.5) is 0 Å². The first-order valence-electron chi connectivity index (χ1n) is 7.49. The van der Waals surface area contributed by atoms with E-state index in [2.05, 4.69) is 10.5 Å². The van der Waals surface area contributed by atoms with Crippen molar-refractivity contribution in [2.75, 3.05) is 13.2 Å². The molecule has 0 aliphatic carbocycles. The van der Waals surface area contributed by atoms with Crippen LogP contribution in [0, 0.1) is 6.92 Å². The number of carboxylic acids is 1. The van der Waals surface area contributed by atoms with Crippen molar-refractivity contribution in [3.8, 4) is 11.5 Å². The third-order valence-corrected chi connectivity index (χ3v) is 3.10. The first kappa shape index (κ1) is 18.0. The van der Waals surface area contributed by atoms with E-state index in [1.54, 1.807) is 30.3 Å². The summed E-state index contributed by atoms with van der Waals surface area (Å²) in [6.07, 6.45) is 1.46. The zero-order valence-corrected chi connectivity index (χ0v) is 13.6. The van der Waals surface area contributed by atoms with E-state index >= 15 is 0 Å². The molecule has 2 N–H and O–H groups in total. The van der Waals surface area contributed by atoms with Crippen molar-refractivity contribution >= 4 is 18.1 Å². The van der Waals surface area contributed by atoms with Crippen LogP contribution in [0.5, 0.6) is 11.5 Å². The number of rotatable bonds is 8. The maximum atomic E-state index is 11.7. The Morgan fingerprint density at radius 2 is 1.80 bits per heavy atom. The standard InChI is InChI=1S/C18H18N2O5/c1-13-4-2-3-5-16(13)25-11-17(21)20-19-10-14-6-8-15(9-7-14)24-12-18(22)23/h2-10H,11-12H2,1H3,(H,20,21)(H,22,23)/b19-10-. The minimum atomic E-state index is -1.04. The number of carboxylic acid groups (broad SMARTS) is 1. The molecule has 2 rings (SSSR count). The second-order valence-corrected chi connectivity index (χ2v) is 5.10. The number of hydrogen-bond donors (Lipinski definition) is 2. The summed E-state index contributed by atoms with van der Waals surface area (Å²) < 4.78 is 10.4. The molecule has 0 bridgehead atoms. The highest BCUT2D eigenvalue weighted by molar-refractivity contribution is 5.83. The molecule has 25 heavy (non-hydrogen) atoms. The Bertz CT molecular complexity index is 756. The van der Waals surface area contributed by atoms with Gasteiger partial charge < -0.3 is 14.6 Å². The van der Waals surface area contributed by atoms with Gasteiger partial charge in [0.05, 0.1) is 6.21 Å². The third-order valence-electron chi connectivity index (χ3n) is 3.10. The van der Waals surface area contributed by atoms with Gasteiger partial charge in [0.1, 0.15) is 11.5 Å². The van der Waals surface area contributed by atoms with Crippen LogP contribution >= 0.6 is 0 Å². The molecule has 0 saturated heterocycles. The Labute approximate surface area is 144 Å². The molecule has 0 spiro atoms. The average Bonchev–Trinajstić information content (AvgIpc) is 2.60. The van der Waals surface area contributed by atoms with E-state index in [1.165, 1.54) is 6.21 Å². The summed E-state index contributed by atoms with van der Waals surface area (Å²) in [5.74, 6) is -0.323. The topological polar surface area (TPSA) is 97.2 Å². The van der Waals surface area contributed by atoms with Gasteiger partial charge in [-0.1, -0.05) is 18.2 Å². The first-order valence-corrected chi connectivity index (χ1v) is 7.49. The molecule has 2 aromatic rings. The van der Waals surface area contributed by atoms with Crippen LogP contribution in [0.25, 0.3) is 0 Å². The van der Waals surface area contributed by atoms with E-state index < -0.39 is 12.6 Å². The normalized spacial score (nSPS) is 10.4. The molecule has 0 aliphatic heterocycles. The molecule has 7 nitrogen and oxygen atoms in total. The summed E-state index contributed by atoms with van der Waals surface area (Å²) in [4.78, 5) is 22.1. The number of aryl methyl sites for hydroxylation is 1. The molecule has 0 fully saturated rings. The van der Waals surface area contributed by atoms with Crippen LogP contribution in [0.15, 0.2) is 53.6 Å². The number of hydrogen-bond acceptors (Lipinski definition) is 5. The number of para-hydroxylation sites is 1. The van der Waals surface area contributed by atoms with Gasteiger partial charge in [0.25, 0.3) is 5.91 Å². The second-order valence-electron chi connectivity index (χ2n) is 5.10. The summed E-state index contributed by atoms with van der Waals surface area (Å²) >= 11 is 0. The summed E-state index contributed by atoms with van der Waals surface area (Å²) in [5.41, 5.74) is 4.05. The van der Waals surface area contributed by atoms with E-state index in [1.807, 2.05) is 25.1 Å². The van der Waals surface area contributed by atoms with E-state index in [0.29, 0.717) is 11.5 Å². The molecule has 0 heterocycles. The van der Waals surface area contributed by atoms with E-state index in [4.69, 9.17) is 14.6 Å². The number of nitrogens with zero attached hydrogens (tertiary/aromatic N) is 1. The molecule has 0 saturated carbocycles. The predicted octanol–water partition coefficient (Wildman–Crippen LogP) is 1.99. The van der Waals surface area contributed by atoms with Gasteiger partial charge in [-0.15, -0.1) is 0 Å². The van der Waals surface area contributed by atoms with Crippen molar-refractivity contribution in [1.82, 2.24) is 5.43 Å². The van der Waals surface area contributed by atoms with Gasteiger partial charge in [-0.3, -0.25) is 4.79 Å². The molecular formula is C18H18N2O5. The van der Waals surface area contributed by atoms with Crippen molar-refractivity contribution < 1.29 is 24.2 Å². The van der Waals surface area contributed by atoms with E-state index in [9.17, 15) is 9.59 Å². The quantitative estimate of drug-likeness (QED) is 0.565. The molecule has 1 amide bonds. The van der Waals surface area contributed by atoms with Crippen molar-refractivity contribution in [2.24, 2.45) is 5.10 Å². The number of carbonyl (C=O) groups is 2. The Balaban J connectivity index is 1.77. The molecule has 0 atom stereocenters. The highest BCUT2D eigenvalue weighted by atomic mass is 16.5. The Morgan fingerprint density at radius 1 is 1.08 bits per heavy atom. The van der Waals surface area contributed by atoms with Gasteiger partial charge in [-0.2, -0.15) is 5.10 Å². The van der Waals surface area contributed by atoms with E-state index in [0.717, 1.165) is 11.1 Å². The Hall–Kier alpha value is -3.35. The zero-order valence-electron chi connectivity index (χ0n) is 13.6. The van der Waals surface area contributed by atoms with Gasteiger partial charge in [0.15, 0.2) is 13.2 Å². The zero-order chi connectivity index (χ0) is 18.1. The lowest BCUT2D eigenvalue weighted by Crippen LogP contribution is -2.24. The fourth-order valence-corrected chi connectivity index (χ4v) is 1.87. The number of hydrazone groups is 1. The number of ether oxygens (including phenoxy) is 2. The SMILES string of the molecule is Cc1ccccc1OCC(=O)N/N=C\c1ccc(OCC(=O)O)cc1. The lowest BCUT2D eigenvalue weighted by atomic mass is 10.2. The lowest BCUT2D eigenvalue weighted by Gasteiger charge is -2.07.